The van der Waals surface area contributed by atoms with E-state index in [0.717, 1.165) is 0 Å². The van der Waals surface area contributed by atoms with Crippen LogP contribution < -0.4 is 26.6 Å². The summed E-state index contributed by atoms with van der Waals surface area (Å²) in [6, 6.07) is 17.3. The summed E-state index contributed by atoms with van der Waals surface area (Å²) in [5, 5.41) is 14.8. The van der Waals surface area contributed by atoms with Crippen LogP contribution in [0.1, 0.15) is 72.1 Å². The summed E-state index contributed by atoms with van der Waals surface area (Å²) >= 11 is 0. The highest BCUT2D eigenvalue weighted by atomic mass is 16.5. The third-order valence-corrected chi connectivity index (χ3v) is 12.3. The number of benzene rings is 2. The van der Waals surface area contributed by atoms with Gasteiger partial charge in [0.25, 0.3) is 0 Å². The number of hydrogen-bond acceptors (Lipinski definition) is 10. The van der Waals surface area contributed by atoms with Crippen LogP contribution in [-0.2, 0) is 28.7 Å². The molecule has 0 saturated heterocycles. The van der Waals surface area contributed by atoms with Crippen LogP contribution >= 0.6 is 0 Å². The smallest absolute Gasteiger partial charge is 0.338 e. The summed E-state index contributed by atoms with van der Waals surface area (Å²) in [5.74, 6) is -7.50. The fourth-order valence-corrected chi connectivity index (χ4v) is 9.74. The van der Waals surface area contributed by atoms with Crippen molar-refractivity contribution < 1.29 is 38.2 Å². The van der Waals surface area contributed by atoms with Crippen molar-refractivity contribution in [2.24, 2.45) is 47.3 Å². The highest BCUT2D eigenvalue weighted by Gasteiger charge is 2.58. The van der Waals surface area contributed by atoms with E-state index in [1.165, 1.54) is 0 Å². The molecule has 0 aliphatic heterocycles. The Morgan fingerprint density at radius 1 is 0.527 bits per heavy atom. The molecule has 6 fully saturated rings. The molecule has 2 aromatic rings. The molecule has 13 heteroatoms. The molecule has 0 spiro atoms. The second-order valence-corrected chi connectivity index (χ2v) is 15.5. The maximum absolute atomic E-state index is 14.5. The van der Waals surface area contributed by atoms with E-state index in [0.29, 0.717) is 88.7 Å². The van der Waals surface area contributed by atoms with E-state index in [9.17, 15) is 28.8 Å². The molecule has 4 amide bonds. The normalized spacial score (nSPS) is 29.1. The Morgan fingerprint density at radius 3 is 1.31 bits per heavy atom. The van der Waals surface area contributed by atoms with E-state index in [1.54, 1.807) is 48.5 Å². The number of amides is 4. The van der Waals surface area contributed by atoms with Crippen molar-refractivity contribution in [1.29, 1.82) is 0 Å². The number of carbonyl (C=O) groups excluding carboxylic acids is 6. The molecule has 10 atom stereocenters. The van der Waals surface area contributed by atoms with Gasteiger partial charge in [0, 0.05) is 24.9 Å². The molecular formula is C42H55N5O8. The maximum atomic E-state index is 14.5. The monoisotopic (exact) mass is 757 g/mol. The minimum atomic E-state index is -0.935. The predicted octanol–water partition coefficient (Wildman–Crippen LogP) is 2.86. The number of ether oxygens (including phenoxy) is 2. The minimum absolute atomic E-state index is 0.239. The van der Waals surface area contributed by atoms with Crippen LogP contribution in [0.3, 0.4) is 0 Å². The van der Waals surface area contributed by atoms with Crippen molar-refractivity contribution in [2.45, 2.75) is 63.6 Å². The lowest BCUT2D eigenvalue weighted by Crippen LogP contribution is -2.61. The van der Waals surface area contributed by atoms with Gasteiger partial charge in [0.05, 0.1) is 34.8 Å². The molecule has 8 rings (SSSR count). The first kappa shape index (κ1) is 40.1. The first-order valence-corrected chi connectivity index (χ1v) is 19.9. The Labute approximate surface area is 322 Å². The fourth-order valence-electron chi connectivity index (χ4n) is 9.74. The molecule has 4 bridgehead atoms. The average molecular weight is 758 g/mol. The van der Waals surface area contributed by atoms with Crippen LogP contribution in [0.5, 0.6) is 0 Å². The SMILES string of the molecule is CNCCCNC(=O)C1C2CCC(C(OC(=O)c3ccccc3)C2)C1C(=O)NC(=O)C1C2CCC(CC2OC(=O)c2ccccc2)C1C(=O)NCCCNC. The number of imide groups is 1. The molecule has 0 radical (unpaired) electrons. The fraction of sp³-hybridized carbons (Fsp3) is 0.571. The van der Waals surface area contributed by atoms with Gasteiger partial charge >= 0.3 is 11.9 Å². The molecule has 0 aromatic heterocycles. The first-order chi connectivity index (χ1) is 26.7. The second kappa shape index (κ2) is 18.8. The highest BCUT2D eigenvalue weighted by molar-refractivity contribution is 6.01. The molecular weight excluding hydrogens is 702 g/mol. The third kappa shape index (κ3) is 9.27. The Hall–Kier alpha value is -4.62. The molecule has 5 N–H and O–H groups in total. The number of esters is 2. The lowest BCUT2D eigenvalue weighted by atomic mass is 9.56. The van der Waals surface area contributed by atoms with Crippen LogP contribution in [0, 0.1) is 47.3 Å². The summed E-state index contributed by atoms with van der Waals surface area (Å²) in [6.45, 7) is 2.27. The Kier molecular flexibility index (Phi) is 13.7. The third-order valence-electron chi connectivity index (χ3n) is 12.3. The van der Waals surface area contributed by atoms with E-state index in [-0.39, 0.29) is 23.7 Å². The van der Waals surface area contributed by atoms with Crippen LogP contribution in [0.25, 0.3) is 0 Å². The lowest BCUT2D eigenvalue weighted by Gasteiger charge is -2.51. The summed E-state index contributed by atoms with van der Waals surface area (Å²) in [4.78, 5) is 83.2. The van der Waals surface area contributed by atoms with E-state index in [2.05, 4.69) is 26.6 Å². The van der Waals surface area contributed by atoms with E-state index >= 15 is 0 Å². The Bertz CT molecular complexity index is 1550. The molecule has 55 heavy (non-hydrogen) atoms. The highest BCUT2D eigenvalue weighted by Crippen LogP contribution is 2.52. The van der Waals surface area contributed by atoms with Gasteiger partial charge in [-0.25, -0.2) is 9.59 Å². The topological polar surface area (TPSA) is 181 Å². The van der Waals surface area contributed by atoms with E-state index in [4.69, 9.17) is 9.47 Å². The predicted molar refractivity (Wildman–Crippen MR) is 203 cm³/mol. The van der Waals surface area contributed by atoms with Gasteiger partial charge in [0.15, 0.2) is 0 Å². The van der Waals surface area contributed by atoms with Gasteiger partial charge in [0.2, 0.25) is 23.6 Å². The zero-order valence-electron chi connectivity index (χ0n) is 31.8. The number of carbonyl (C=O) groups is 6. The quantitative estimate of drug-likeness (QED) is 0.0971. The van der Waals surface area contributed by atoms with Crippen molar-refractivity contribution in [3.8, 4) is 0 Å². The van der Waals surface area contributed by atoms with Gasteiger partial charge in [-0.15, -0.1) is 0 Å². The molecule has 10 unspecified atom stereocenters. The largest absolute Gasteiger partial charge is 0.458 e. The van der Waals surface area contributed by atoms with E-state index < -0.39 is 71.5 Å². The molecule has 296 valence electrons. The molecule has 6 aliphatic rings. The summed E-state index contributed by atoms with van der Waals surface area (Å²) < 4.78 is 12.1. The van der Waals surface area contributed by atoms with Crippen LogP contribution in [0.15, 0.2) is 60.7 Å². The summed E-state index contributed by atoms with van der Waals surface area (Å²) in [5.41, 5.74) is 0.785. The van der Waals surface area contributed by atoms with Gasteiger partial charge < -0.3 is 30.7 Å². The zero-order chi connectivity index (χ0) is 38.9. The Balaban J connectivity index is 1.24. The molecule has 6 aliphatic carbocycles. The molecule has 6 saturated carbocycles. The van der Waals surface area contributed by atoms with Crippen LogP contribution in [0.2, 0.25) is 0 Å². The summed E-state index contributed by atoms with van der Waals surface area (Å²) in [7, 11) is 3.67. The molecule has 2 aromatic carbocycles. The molecule has 13 nitrogen and oxygen atoms in total. The maximum Gasteiger partial charge on any atom is 0.338 e. The van der Waals surface area contributed by atoms with Crippen molar-refractivity contribution in [1.82, 2.24) is 26.6 Å². The number of hydrogen-bond donors (Lipinski definition) is 5. The standard InChI is InChI=1S/C42H55N5O8/c1-43-19-9-21-45-37(48)33-27-15-17-29(31(23-27)54-41(52)25-11-5-3-6-12-25)35(33)39(50)47-40(51)36-30-18-16-28(34(36)38(49)46-22-10-20-44-2)24-32(30)55-42(53)26-13-7-4-8-14-26/h3-8,11-14,27-36,43-44H,9-10,15-24H2,1-2H3,(H,45,48)(H,46,49)(H,47,50,51). The van der Waals surface area contributed by atoms with Gasteiger partial charge in [0.1, 0.15) is 12.2 Å². The van der Waals surface area contributed by atoms with Gasteiger partial charge in [-0.2, -0.15) is 0 Å². The van der Waals surface area contributed by atoms with Crippen molar-refractivity contribution in [2.75, 3.05) is 40.3 Å². The van der Waals surface area contributed by atoms with Gasteiger partial charge in [-0.05, 0) is 115 Å². The Morgan fingerprint density at radius 2 is 0.927 bits per heavy atom. The van der Waals surface area contributed by atoms with Crippen molar-refractivity contribution in [3.05, 3.63) is 71.8 Å². The van der Waals surface area contributed by atoms with Crippen LogP contribution in [-0.4, -0.2) is 88.0 Å². The van der Waals surface area contributed by atoms with E-state index in [1.807, 2.05) is 26.2 Å². The van der Waals surface area contributed by atoms with Crippen LogP contribution in [0.4, 0.5) is 0 Å². The van der Waals surface area contributed by atoms with Crippen molar-refractivity contribution >= 4 is 35.6 Å². The average Bonchev–Trinajstić information content (AvgIpc) is 3.21. The van der Waals surface area contributed by atoms with Gasteiger partial charge in [-0.3, -0.25) is 24.5 Å². The lowest BCUT2D eigenvalue weighted by molar-refractivity contribution is -0.162. The van der Waals surface area contributed by atoms with Gasteiger partial charge in [-0.1, -0.05) is 36.4 Å². The summed E-state index contributed by atoms with van der Waals surface area (Å²) in [6.07, 6.45) is 3.53. The van der Waals surface area contributed by atoms with Crippen molar-refractivity contribution in [3.63, 3.8) is 0 Å². The molecule has 0 heterocycles. The first-order valence-electron chi connectivity index (χ1n) is 19.9. The second-order valence-electron chi connectivity index (χ2n) is 15.5. The zero-order valence-corrected chi connectivity index (χ0v) is 31.8. The minimum Gasteiger partial charge on any atom is -0.458 e. The number of nitrogens with one attached hydrogen (secondary N) is 5. The number of rotatable bonds is 16. The number of fused-ring (bicyclic) bond motifs is 6.